The average Bonchev–Trinajstić information content (AvgIpc) is 2.72. The first-order valence-corrected chi connectivity index (χ1v) is 5.12. The minimum atomic E-state index is -0.0587. The molecule has 0 aliphatic rings. The summed E-state index contributed by atoms with van der Waals surface area (Å²) in [5, 5.41) is 18.9. The minimum Gasteiger partial charge on any atom is -0.508 e. The molecule has 84 valence electrons. The number of aromatic nitrogens is 1. The lowest BCUT2D eigenvalue weighted by Crippen LogP contribution is -1.78. The SMILES string of the molecule is Oc1ccc(-c2nc3ccccc3o2)c(O)c1. The Hall–Kier alpha value is -2.49. The van der Waals surface area contributed by atoms with Crippen molar-refractivity contribution in [1.82, 2.24) is 4.98 Å². The molecular formula is C13H9NO3. The number of phenols is 2. The van der Waals surface area contributed by atoms with Crippen LogP contribution in [0, 0.1) is 0 Å². The minimum absolute atomic E-state index is 0.00219. The molecule has 4 heteroatoms. The van der Waals surface area contributed by atoms with Crippen molar-refractivity contribution in [2.24, 2.45) is 0 Å². The van der Waals surface area contributed by atoms with Crippen LogP contribution in [0.4, 0.5) is 0 Å². The van der Waals surface area contributed by atoms with Gasteiger partial charge in [0.05, 0.1) is 5.56 Å². The van der Waals surface area contributed by atoms with Crippen molar-refractivity contribution in [3.63, 3.8) is 0 Å². The zero-order valence-electron chi connectivity index (χ0n) is 8.79. The van der Waals surface area contributed by atoms with Crippen LogP contribution in [0.15, 0.2) is 46.9 Å². The van der Waals surface area contributed by atoms with Crippen molar-refractivity contribution in [1.29, 1.82) is 0 Å². The maximum Gasteiger partial charge on any atom is 0.231 e. The largest absolute Gasteiger partial charge is 0.508 e. The molecule has 3 rings (SSSR count). The summed E-state index contributed by atoms with van der Waals surface area (Å²) < 4.78 is 5.52. The highest BCUT2D eigenvalue weighted by molar-refractivity contribution is 5.77. The van der Waals surface area contributed by atoms with Gasteiger partial charge in [0.25, 0.3) is 0 Å². The number of para-hydroxylation sites is 2. The van der Waals surface area contributed by atoms with Crippen LogP contribution >= 0.6 is 0 Å². The number of rotatable bonds is 1. The van der Waals surface area contributed by atoms with Gasteiger partial charge in [0.2, 0.25) is 5.89 Å². The number of oxazole rings is 1. The maximum absolute atomic E-state index is 9.71. The van der Waals surface area contributed by atoms with Gasteiger partial charge in [0, 0.05) is 6.07 Å². The fourth-order valence-electron chi connectivity index (χ4n) is 1.69. The number of phenolic OH excluding ortho intramolecular Hbond substituents is 2. The molecule has 0 bridgehead atoms. The second kappa shape index (κ2) is 3.52. The molecule has 0 saturated heterocycles. The van der Waals surface area contributed by atoms with E-state index in [0.29, 0.717) is 17.0 Å². The highest BCUT2D eigenvalue weighted by Gasteiger charge is 2.12. The number of hydrogen-bond acceptors (Lipinski definition) is 4. The van der Waals surface area contributed by atoms with Gasteiger partial charge in [0.1, 0.15) is 17.0 Å². The molecule has 1 aromatic heterocycles. The Morgan fingerprint density at radius 2 is 1.82 bits per heavy atom. The van der Waals surface area contributed by atoms with Crippen LogP contribution in [0.2, 0.25) is 0 Å². The molecule has 0 radical (unpaired) electrons. The fraction of sp³-hybridized carbons (Fsp3) is 0. The fourth-order valence-corrected chi connectivity index (χ4v) is 1.69. The van der Waals surface area contributed by atoms with E-state index < -0.39 is 0 Å². The van der Waals surface area contributed by atoms with Gasteiger partial charge in [-0.05, 0) is 24.3 Å². The predicted molar refractivity (Wildman–Crippen MR) is 62.8 cm³/mol. The molecule has 0 amide bonds. The number of fused-ring (bicyclic) bond motifs is 1. The summed E-state index contributed by atoms with van der Waals surface area (Å²) in [7, 11) is 0. The molecular weight excluding hydrogens is 218 g/mol. The lowest BCUT2D eigenvalue weighted by Gasteiger charge is -1.99. The Bertz CT molecular complexity index is 655. The third-order valence-electron chi connectivity index (χ3n) is 2.51. The normalized spacial score (nSPS) is 10.8. The molecule has 1 heterocycles. The first-order chi connectivity index (χ1) is 8.24. The van der Waals surface area contributed by atoms with Crippen molar-refractivity contribution < 1.29 is 14.6 Å². The predicted octanol–water partition coefficient (Wildman–Crippen LogP) is 2.91. The van der Waals surface area contributed by atoms with Crippen molar-refractivity contribution in [2.75, 3.05) is 0 Å². The van der Waals surface area contributed by atoms with Crippen molar-refractivity contribution in [2.45, 2.75) is 0 Å². The Labute approximate surface area is 96.8 Å². The molecule has 2 aromatic carbocycles. The maximum atomic E-state index is 9.71. The molecule has 0 saturated carbocycles. The molecule has 3 aromatic rings. The first kappa shape index (κ1) is 9.72. The second-order valence-electron chi connectivity index (χ2n) is 3.69. The highest BCUT2D eigenvalue weighted by Crippen LogP contribution is 2.33. The summed E-state index contributed by atoms with van der Waals surface area (Å²) in [6.07, 6.45) is 0. The van der Waals surface area contributed by atoms with Gasteiger partial charge < -0.3 is 14.6 Å². The van der Waals surface area contributed by atoms with Crippen LogP contribution in [0.1, 0.15) is 0 Å². The Balaban J connectivity index is 2.20. The molecule has 0 aliphatic carbocycles. The van der Waals surface area contributed by atoms with Gasteiger partial charge >= 0.3 is 0 Å². The van der Waals surface area contributed by atoms with E-state index in [4.69, 9.17) is 4.42 Å². The third-order valence-corrected chi connectivity index (χ3v) is 2.51. The van der Waals surface area contributed by atoms with Crippen molar-refractivity contribution in [3.8, 4) is 23.0 Å². The molecule has 2 N–H and O–H groups in total. The lowest BCUT2D eigenvalue weighted by atomic mass is 10.2. The molecule has 0 spiro atoms. The van der Waals surface area contributed by atoms with Gasteiger partial charge in [-0.1, -0.05) is 12.1 Å². The topological polar surface area (TPSA) is 66.5 Å². The quantitative estimate of drug-likeness (QED) is 0.670. The summed E-state index contributed by atoms with van der Waals surface area (Å²) in [6.45, 7) is 0. The summed E-state index contributed by atoms with van der Waals surface area (Å²) in [4.78, 5) is 4.27. The Morgan fingerprint density at radius 3 is 2.59 bits per heavy atom. The molecule has 0 atom stereocenters. The van der Waals surface area contributed by atoms with Crippen LogP contribution in [-0.2, 0) is 0 Å². The van der Waals surface area contributed by atoms with Crippen molar-refractivity contribution in [3.05, 3.63) is 42.5 Å². The second-order valence-corrected chi connectivity index (χ2v) is 3.69. The third kappa shape index (κ3) is 1.59. The van der Waals surface area contributed by atoms with Gasteiger partial charge in [-0.15, -0.1) is 0 Å². The standard InChI is InChI=1S/C13H9NO3/c15-8-5-6-9(11(16)7-8)13-14-10-3-1-2-4-12(10)17-13/h1-7,15-16H. The Kier molecular flexibility index (Phi) is 2.01. The van der Waals surface area contributed by atoms with Gasteiger partial charge in [0.15, 0.2) is 5.58 Å². The summed E-state index contributed by atoms with van der Waals surface area (Å²) >= 11 is 0. The van der Waals surface area contributed by atoms with E-state index in [9.17, 15) is 10.2 Å². The zero-order valence-corrected chi connectivity index (χ0v) is 8.79. The van der Waals surface area contributed by atoms with E-state index in [-0.39, 0.29) is 11.5 Å². The number of benzene rings is 2. The van der Waals surface area contributed by atoms with Gasteiger partial charge in [-0.3, -0.25) is 0 Å². The zero-order chi connectivity index (χ0) is 11.8. The first-order valence-electron chi connectivity index (χ1n) is 5.12. The Morgan fingerprint density at radius 1 is 1.00 bits per heavy atom. The lowest BCUT2D eigenvalue weighted by molar-refractivity contribution is 0.450. The summed E-state index contributed by atoms with van der Waals surface area (Å²) in [6, 6.07) is 11.7. The van der Waals surface area contributed by atoms with E-state index in [1.54, 1.807) is 6.07 Å². The molecule has 17 heavy (non-hydrogen) atoms. The number of aromatic hydroxyl groups is 2. The van der Waals surface area contributed by atoms with Crippen molar-refractivity contribution >= 4 is 11.1 Å². The van der Waals surface area contributed by atoms with E-state index in [1.807, 2.05) is 24.3 Å². The molecule has 4 nitrogen and oxygen atoms in total. The summed E-state index contributed by atoms with van der Waals surface area (Å²) in [5.41, 5.74) is 1.85. The van der Waals surface area contributed by atoms with E-state index >= 15 is 0 Å². The van der Waals surface area contributed by atoms with E-state index in [2.05, 4.69) is 4.98 Å². The van der Waals surface area contributed by atoms with Gasteiger partial charge in [-0.25, -0.2) is 4.98 Å². The molecule has 0 aliphatic heterocycles. The van der Waals surface area contributed by atoms with Crippen LogP contribution in [0.25, 0.3) is 22.6 Å². The number of nitrogens with zero attached hydrogens (tertiary/aromatic N) is 1. The van der Waals surface area contributed by atoms with Gasteiger partial charge in [-0.2, -0.15) is 0 Å². The molecule has 0 fully saturated rings. The smallest absolute Gasteiger partial charge is 0.231 e. The highest BCUT2D eigenvalue weighted by atomic mass is 16.3. The monoisotopic (exact) mass is 227 g/mol. The van der Waals surface area contributed by atoms with Crippen LogP contribution in [0.3, 0.4) is 0 Å². The van der Waals surface area contributed by atoms with Crippen LogP contribution in [0.5, 0.6) is 11.5 Å². The average molecular weight is 227 g/mol. The van der Waals surface area contributed by atoms with Crippen LogP contribution in [-0.4, -0.2) is 15.2 Å². The summed E-state index contributed by atoms with van der Waals surface area (Å²) in [5.74, 6) is 0.280. The molecule has 0 unspecified atom stereocenters. The van der Waals surface area contributed by atoms with E-state index in [0.717, 1.165) is 5.52 Å². The number of hydrogen-bond donors (Lipinski definition) is 2. The van der Waals surface area contributed by atoms with Crippen LogP contribution < -0.4 is 0 Å². The van der Waals surface area contributed by atoms with E-state index in [1.165, 1.54) is 12.1 Å².